The van der Waals surface area contributed by atoms with Gasteiger partial charge < -0.3 is 55.9 Å². The minimum absolute atomic E-state index is 0.0645. The summed E-state index contributed by atoms with van der Waals surface area (Å²) in [6.45, 7) is -0.0576. The maximum absolute atomic E-state index is 9.98. The fourth-order valence-corrected chi connectivity index (χ4v) is 3.91. The molecule has 1 saturated carbocycles. The van der Waals surface area contributed by atoms with Crippen molar-refractivity contribution in [2.75, 3.05) is 13.2 Å². The van der Waals surface area contributed by atoms with Crippen molar-refractivity contribution < 1.29 is 44.5 Å². The molecule has 0 radical (unpaired) electrons. The zero-order valence-electron chi connectivity index (χ0n) is 15.6. The van der Waals surface area contributed by atoms with Crippen LogP contribution in [0.4, 0.5) is 0 Å². The normalized spacial score (nSPS) is 50.5. The highest BCUT2D eigenvalue weighted by Crippen LogP contribution is 2.29. The molecule has 0 amide bonds. The van der Waals surface area contributed by atoms with E-state index in [1.807, 2.05) is 0 Å². The third-order valence-electron chi connectivity index (χ3n) is 5.66. The third-order valence-corrected chi connectivity index (χ3v) is 5.66. The highest BCUT2D eigenvalue weighted by molar-refractivity contribution is 4.89. The van der Waals surface area contributed by atoms with Crippen LogP contribution in [0.2, 0.25) is 0 Å². The maximum Gasteiger partial charge on any atom is 0.186 e. The van der Waals surface area contributed by atoms with E-state index in [4.69, 9.17) is 30.4 Å². The molecule has 11 atom stereocenters. The Morgan fingerprint density at radius 3 is 2.32 bits per heavy atom. The number of hydrogen-bond donors (Lipinski definition) is 7. The van der Waals surface area contributed by atoms with E-state index in [0.717, 1.165) is 0 Å². The van der Waals surface area contributed by atoms with Gasteiger partial charge in [0, 0.05) is 19.0 Å². The van der Waals surface area contributed by atoms with E-state index in [-0.39, 0.29) is 37.8 Å². The molecule has 3 rings (SSSR count). The predicted molar refractivity (Wildman–Crippen MR) is 93.7 cm³/mol. The first-order chi connectivity index (χ1) is 13.3. The largest absolute Gasteiger partial charge is 0.390 e. The Morgan fingerprint density at radius 2 is 1.64 bits per heavy atom. The van der Waals surface area contributed by atoms with E-state index in [2.05, 4.69) is 0 Å². The van der Waals surface area contributed by atoms with Gasteiger partial charge in [0.2, 0.25) is 0 Å². The molecule has 3 fully saturated rings. The second kappa shape index (κ2) is 9.58. The highest BCUT2D eigenvalue weighted by Gasteiger charge is 2.42. The fraction of sp³-hybridized carbons (Fsp3) is 1.00. The van der Waals surface area contributed by atoms with Crippen molar-refractivity contribution in [2.24, 2.45) is 11.5 Å². The van der Waals surface area contributed by atoms with Crippen molar-refractivity contribution in [2.45, 2.75) is 93.1 Å². The lowest BCUT2D eigenvalue weighted by Crippen LogP contribution is -2.56. The van der Waals surface area contributed by atoms with E-state index in [1.165, 1.54) is 0 Å². The van der Waals surface area contributed by atoms with Crippen molar-refractivity contribution in [1.82, 2.24) is 0 Å². The minimum atomic E-state index is -1.34. The van der Waals surface area contributed by atoms with Gasteiger partial charge in [0.05, 0.1) is 24.9 Å². The van der Waals surface area contributed by atoms with E-state index < -0.39 is 49.2 Å². The molecule has 0 aromatic carbocycles. The van der Waals surface area contributed by atoms with Crippen LogP contribution in [0.25, 0.3) is 0 Å². The Kier molecular flexibility index (Phi) is 7.61. The summed E-state index contributed by atoms with van der Waals surface area (Å²) in [6, 6.07) is -0.376. The van der Waals surface area contributed by atoms with E-state index in [0.29, 0.717) is 19.3 Å². The topological polar surface area (TPSA) is 190 Å². The van der Waals surface area contributed by atoms with Gasteiger partial charge in [0.1, 0.15) is 30.5 Å². The Morgan fingerprint density at radius 1 is 0.893 bits per heavy atom. The van der Waals surface area contributed by atoms with Crippen molar-refractivity contribution in [3.63, 3.8) is 0 Å². The molecular weight excluding hydrogens is 376 g/mol. The van der Waals surface area contributed by atoms with Gasteiger partial charge in [0.15, 0.2) is 12.6 Å². The van der Waals surface area contributed by atoms with Crippen LogP contribution >= 0.6 is 0 Å². The summed E-state index contributed by atoms with van der Waals surface area (Å²) in [6.07, 6.45) is -7.18. The maximum atomic E-state index is 9.98. The first kappa shape index (κ1) is 22.2. The number of hydrogen-bond acceptors (Lipinski definition) is 11. The molecule has 28 heavy (non-hydrogen) atoms. The number of rotatable bonds is 5. The minimum Gasteiger partial charge on any atom is -0.390 e. The first-order valence-electron chi connectivity index (χ1n) is 9.74. The van der Waals surface area contributed by atoms with Gasteiger partial charge >= 0.3 is 0 Å². The SMILES string of the molecule is NCC1O[C@@H](OC2CCC(OC3OCC(O)[C@H](O)C3O)C[C@@H]2N)C[C@H](O)[C@H]1O. The molecule has 0 spiro atoms. The summed E-state index contributed by atoms with van der Waals surface area (Å²) >= 11 is 0. The van der Waals surface area contributed by atoms with Gasteiger partial charge in [-0.05, 0) is 19.3 Å². The number of nitrogens with two attached hydrogens (primary N) is 2. The number of aliphatic hydroxyl groups is 5. The molecule has 1 aliphatic carbocycles. The molecule has 0 bridgehead atoms. The molecule has 2 saturated heterocycles. The predicted octanol–water partition coefficient (Wildman–Crippen LogP) is -3.50. The van der Waals surface area contributed by atoms with Crippen LogP contribution in [0.1, 0.15) is 25.7 Å². The summed E-state index contributed by atoms with van der Waals surface area (Å²) in [7, 11) is 0. The van der Waals surface area contributed by atoms with Crippen LogP contribution in [0.15, 0.2) is 0 Å². The molecule has 3 aliphatic rings. The zero-order chi connectivity index (χ0) is 20.4. The molecule has 164 valence electrons. The summed E-state index contributed by atoms with van der Waals surface area (Å²) in [4.78, 5) is 0. The Hall–Kier alpha value is -0.440. The average molecular weight is 408 g/mol. The van der Waals surface area contributed by atoms with Gasteiger partial charge in [-0.3, -0.25) is 0 Å². The lowest BCUT2D eigenvalue weighted by Gasteiger charge is -2.42. The second-order valence-electron chi connectivity index (χ2n) is 7.79. The molecule has 11 heteroatoms. The quantitative estimate of drug-likeness (QED) is 0.239. The second-order valence-corrected chi connectivity index (χ2v) is 7.79. The van der Waals surface area contributed by atoms with Crippen molar-refractivity contribution in [1.29, 1.82) is 0 Å². The standard InChI is InChI=1S/C17H32N2O9/c18-5-12-14(22)9(20)4-13(28-12)27-11-2-1-7(3-8(11)19)26-17-16(24)15(23)10(21)6-25-17/h7-17,20-24H,1-6,18-19H2/t7?,8-,9-,10?,11?,12?,13+,14+,15-,16?,17?/m0/s1. The summed E-state index contributed by atoms with van der Waals surface area (Å²) in [5.74, 6) is 0. The van der Waals surface area contributed by atoms with Crippen LogP contribution < -0.4 is 11.5 Å². The van der Waals surface area contributed by atoms with Crippen LogP contribution in [0.3, 0.4) is 0 Å². The summed E-state index contributed by atoms with van der Waals surface area (Å²) < 4.78 is 22.5. The summed E-state index contributed by atoms with van der Waals surface area (Å²) in [5, 5.41) is 49.0. The molecule has 0 aromatic rings. The van der Waals surface area contributed by atoms with Crippen molar-refractivity contribution in [3.05, 3.63) is 0 Å². The zero-order valence-corrected chi connectivity index (χ0v) is 15.6. The molecule has 9 N–H and O–H groups in total. The van der Waals surface area contributed by atoms with Gasteiger partial charge in [-0.25, -0.2) is 0 Å². The fourth-order valence-electron chi connectivity index (χ4n) is 3.91. The monoisotopic (exact) mass is 408 g/mol. The molecule has 6 unspecified atom stereocenters. The van der Waals surface area contributed by atoms with Gasteiger partial charge in [-0.2, -0.15) is 0 Å². The van der Waals surface area contributed by atoms with Crippen LogP contribution in [-0.2, 0) is 18.9 Å². The summed E-state index contributed by atoms with van der Waals surface area (Å²) in [5.41, 5.74) is 11.8. The Labute approximate surface area is 163 Å². The van der Waals surface area contributed by atoms with Crippen LogP contribution in [-0.4, -0.2) is 106 Å². The molecular formula is C17H32N2O9. The first-order valence-corrected chi connectivity index (χ1v) is 9.74. The lowest BCUT2D eigenvalue weighted by atomic mass is 9.90. The van der Waals surface area contributed by atoms with Gasteiger partial charge in [0.25, 0.3) is 0 Å². The Bertz CT molecular complexity index is 501. The van der Waals surface area contributed by atoms with E-state index in [1.54, 1.807) is 0 Å². The molecule has 2 aliphatic heterocycles. The number of aliphatic hydroxyl groups excluding tert-OH is 5. The smallest absolute Gasteiger partial charge is 0.186 e. The van der Waals surface area contributed by atoms with Crippen molar-refractivity contribution >= 4 is 0 Å². The molecule has 2 heterocycles. The van der Waals surface area contributed by atoms with Crippen molar-refractivity contribution in [3.8, 4) is 0 Å². The molecule has 0 aromatic heterocycles. The highest BCUT2D eigenvalue weighted by atomic mass is 16.7. The Balaban J connectivity index is 1.47. The third kappa shape index (κ3) is 4.99. The average Bonchev–Trinajstić information content (AvgIpc) is 2.67. The van der Waals surface area contributed by atoms with Gasteiger partial charge in [-0.1, -0.05) is 0 Å². The van der Waals surface area contributed by atoms with E-state index >= 15 is 0 Å². The van der Waals surface area contributed by atoms with E-state index in [9.17, 15) is 25.5 Å². The molecule has 11 nitrogen and oxygen atoms in total. The lowest BCUT2D eigenvalue weighted by molar-refractivity contribution is -0.291. The van der Waals surface area contributed by atoms with Crippen LogP contribution in [0.5, 0.6) is 0 Å². The van der Waals surface area contributed by atoms with Gasteiger partial charge in [-0.15, -0.1) is 0 Å². The van der Waals surface area contributed by atoms with Crippen LogP contribution in [0, 0.1) is 0 Å². The number of ether oxygens (including phenoxy) is 4.